The van der Waals surface area contributed by atoms with E-state index in [0.717, 1.165) is 0 Å². The van der Waals surface area contributed by atoms with Gasteiger partial charge in [-0.25, -0.2) is 9.78 Å². The molecule has 0 aliphatic carbocycles. The number of benzene rings is 1. The fourth-order valence-corrected chi connectivity index (χ4v) is 2.13. The van der Waals surface area contributed by atoms with Gasteiger partial charge in [-0.3, -0.25) is 9.36 Å². The molecule has 2 rings (SSSR count). The second kappa shape index (κ2) is 5.79. The Bertz CT molecular complexity index is 667. The van der Waals surface area contributed by atoms with Crippen molar-refractivity contribution in [2.75, 3.05) is 7.11 Å². The number of hydrogen-bond acceptors (Lipinski definition) is 4. The Morgan fingerprint density at radius 3 is 2.89 bits per heavy atom. The number of halogens is 1. The minimum atomic E-state index is -0.441. The fourth-order valence-electron chi connectivity index (χ4n) is 1.59. The zero-order valence-electron chi connectivity index (χ0n) is 10.2. The van der Waals surface area contributed by atoms with E-state index < -0.39 is 5.69 Å². The smallest absolute Gasteiger partial charge is 0.347 e. The van der Waals surface area contributed by atoms with E-state index >= 15 is 0 Å². The molecule has 0 radical (unpaired) electrons. The quantitative estimate of drug-likeness (QED) is 0.806. The Labute approximate surface area is 118 Å². The lowest BCUT2D eigenvalue weighted by Gasteiger charge is -2.06. The number of hydrogen-bond donors (Lipinski definition) is 0. The van der Waals surface area contributed by atoms with Crippen molar-refractivity contribution in [2.24, 2.45) is 0 Å². The van der Waals surface area contributed by atoms with Crippen molar-refractivity contribution >= 4 is 21.7 Å². The topological polar surface area (TPSA) is 61.2 Å². The molecule has 0 aliphatic rings. The van der Waals surface area contributed by atoms with Gasteiger partial charge in [0.25, 0.3) is 0 Å². The molecule has 19 heavy (non-hydrogen) atoms. The molecule has 1 aromatic heterocycles. The Kier molecular flexibility index (Phi) is 4.11. The van der Waals surface area contributed by atoms with Gasteiger partial charge in [-0.05, 0) is 40.2 Å². The van der Waals surface area contributed by atoms with Crippen molar-refractivity contribution in [1.29, 1.82) is 0 Å². The van der Waals surface area contributed by atoms with Crippen LogP contribution in [0.3, 0.4) is 0 Å². The van der Waals surface area contributed by atoms with Gasteiger partial charge in [-0.1, -0.05) is 0 Å². The lowest BCUT2D eigenvalue weighted by Crippen LogP contribution is -2.25. The van der Waals surface area contributed by atoms with E-state index in [0.29, 0.717) is 15.8 Å². The first kappa shape index (κ1) is 13.5. The maximum absolute atomic E-state index is 12.1. The third kappa shape index (κ3) is 3.08. The third-order valence-corrected chi connectivity index (χ3v) is 3.19. The predicted molar refractivity (Wildman–Crippen MR) is 73.5 cm³/mol. The Balaban J connectivity index is 2.23. The van der Waals surface area contributed by atoms with E-state index in [1.807, 2.05) is 0 Å². The van der Waals surface area contributed by atoms with E-state index in [-0.39, 0.29) is 12.3 Å². The van der Waals surface area contributed by atoms with E-state index in [2.05, 4.69) is 20.9 Å². The van der Waals surface area contributed by atoms with Gasteiger partial charge in [0.15, 0.2) is 5.78 Å². The normalized spacial score (nSPS) is 10.2. The molecule has 1 aromatic carbocycles. The van der Waals surface area contributed by atoms with Crippen LogP contribution in [-0.4, -0.2) is 22.4 Å². The summed E-state index contributed by atoms with van der Waals surface area (Å²) in [6.07, 6.45) is 2.93. The van der Waals surface area contributed by atoms with Gasteiger partial charge in [0.1, 0.15) is 5.75 Å². The Hall–Kier alpha value is -1.95. The van der Waals surface area contributed by atoms with Gasteiger partial charge < -0.3 is 4.74 Å². The van der Waals surface area contributed by atoms with E-state index in [9.17, 15) is 9.59 Å². The summed E-state index contributed by atoms with van der Waals surface area (Å²) < 4.78 is 7.05. The minimum absolute atomic E-state index is 0.0363. The molecule has 0 amide bonds. The largest absolute Gasteiger partial charge is 0.496 e. The van der Waals surface area contributed by atoms with Crippen LogP contribution in [0.25, 0.3) is 0 Å². The Morgan fingerprint density at radius 1 is 1.47 bits per heavy atom. The van der Waals surface area contributed by atoms with Gasteiger partial charge in [0.2, 0.25) is 0 Å². The molecule has 0 bridgehead atoms. The van der Waals surface area contributed by atoms with Crippen LogP contribution < -0.4 is 10.4 Å². The van der Waals surface area contributed by atoms with E-state index in [1.54, 1.807) is 31.4 Å². The van der Waals surface area contributed by atoms with Crippen LogP contribution in [0.4, 0.5) is 0 Å². The lowest BCUT2D eigenvalue weighted by molar-refractivity contribution is 0.0970. The number of carbonyl (C=O) groups excluding carboxylic acids is 1. The van der Waals surface area contributed by atoms with E-state index in [4.69, 9.17) is 4.74 Å². The summed E-state index contributed by atoms with van der Waals surface area (Å²) in [7, 11) is 1.55. The standard InChI is InChI=1S/C13H11BrN2O3/c1-19-12-4-3-9(7-10(12)14)11(17)8-16-6-2-5-15-13(16)18/h2-7H,8H2,1H3. The molecule has 0 N–H and O–H groups in total. The monoisotopic (exact) mass is 322 g/mol. The van der Waals surface area contributed by atoms with Crippen LogP contribution in [0.5, 0.6) is 5.75 Å². The first-order valence-electron chi connectivity index (χ1n) is 5.50. The molecule has 0 unspecified atom stereocenters. The highest BCUT2D eigenvalue weighted by Gasteiger charge is 2.10. The summed E-state index contributed by atoms with van der Waals surface area (Å²) in [5.41, 5.74) is 0.0619. The molecule has 0 spiro atoms. The molecule has 98 valence electrons. The zero-order valence-corrected chi connectivity index (χ0v) is 11.8. The van der Waals surface area contributed by atoms with Crippen molar-refractivity contribution < 1.29 is 9.53 Å². The van der Waals surface area contributed by atoms with Gasteiger partial charge in [-0.2, -0.15) is 0 Å². The number of carbonyl (C=O) groups is 1. The number of methoxy groups -OCH3 is 1. The number of nitrogens with zero attached hydrogens (tertiary/aromatic N) is 2. The molecular formula is C13H11BrN2O3. The van der Waals surface area contributed by atoms with Crippen LogP contribution in [0, 0.1) is 0 Å². The van der Waals surface area contributed by atoms with E-state index in [1.165, 1.54) is 17.0 Å². The molecule has 0 aliphatic heterocycles. The van der Waals surface area contributed by atoms with Gasteiger partial charge in [-0.15, -0.1) is 0 Å². The molecule has 0 fully saturated rings. The first-order chi connectivity index (χ1) is 9.11. The summed E-state index contributed by atoms with van der Waals surface area (Å²) >= 11 is 3.32. The molecule has 5 nitrogen and oxygen atoms in total. The van der Waals surface area contributed by atoms with Crippen molar-refractivity contribution in [2.45, 2.75) is 6.54 Å². The highest BCUT2D eigenvalue weighted by Crippen LogP contribution is 2.25. The highest BCUT2D eigenvalue weighted by atomic mass is 79.9. The molecule has 1 heterocycles. The van der Waals surface area contributed by atoms with Crippen molar-refractivity contribution in [3.63, 3.8) is 0 Å². The minimum Gasteiger partial charge on any atom is -0.496 e. The van der Waals surface area contributed by atoms with Crippen LogP contribution in [0.15, 0.2) is 45.9 Å². The molecule has 6 heteroatoms. The summed E-state index contributed by atoms with van der Waals surface area (Å²) in [5, 5.41) is 0. The maximum Gasteiger partial charge on any atom is 0.347 e. The van der Waals surface area contributed by atoms with Crippen molar-refractivity contribution in [3.8, 4) is 5.75 Å². The average molecular weight is 323 g/mol. The second-order valence-electron chi connectivity index (χ2n) is 3.80. The van der Waals surface area contributed by atoms with Gasteiger partial charge >= 0.3 is 5.69 Å². The number of ketones is 1. The number of aromatic nitrogens is 2. The van der Waals surface area contributed by atoms with Crippen molar-refractivity contribution in [1.82, 2.24) is 9.55 Å². The summed E-state index contributed by atoms with van der Waals surface area (Å²) in [5.74, 6) is 0.480. The first-order valence-corrected chi connectivity index (χ1v) is 6.29. The maximum atomic E-state index is 12.1. The second-order valence-corrected chi connectivity index (χ2v) is 4.66. The number of ether oxygens (including phenoxy) is 1. The van der Waals surface area contributed by atoms with Gasteiger partial charge in [0, 0.05) is 18.0 Å². The Morgan fingerprint density at radius 2 is 2.26 bits per heavy atom. The summed E-state index contributed by atoms with van der Waals surface area (Å²) in [4.78, 5) is 27.1. The zero-order chi connectivity index (χ0) is 13.8. The predicted octanol–water partition coefficient (Wildman–Crippen LogP) is 1.90. The van der Waals surface area contributed by atoms with Crippen LogP contribution in [-0.2, 0) is 6.54 Å². The van der Waals surface area contributed by atoms with Crippen molar-refractivity contribution in [3.05, 3.63) is 57.2 Å². The highest BCUT2D eigenvalue weighted by molar-refractivity contribution is 9.10. The average Bonchev–Trinajstić information content (AvgIpc) is 2.41. The van der Waals surface area contributed by atoms with Crippen LogP contribution >= 0.6 is 15.9 Å². The molecule has 0 saturated heterocycles. The molecule has 0 saturated carbocycles. The summed E-state index contributed by atoms with van der Waals surface area (Å²) in [6.45, 7) is -0.0363. The molecule has 2 aromatic rings. The summed E-state index contributed by atoms with van der Waals surface area (Å²) in [6, 6.07) is 6.64. The molecule has 0 atom stereocenters. The SMILES string of the molecule is COc1ccc(C(=O)Cn2cccnc2=O)cc1Br. The van der Waals surface area contributed by atoms with Gasteiger partial charge in [0.05, 0.1) is 18.1 Å². The van der Waals surface area contributed by atoms with Crippen LogP contribution in [0.2, 0.25) is 0 Å². The fraction of sp³-hybridized carbons (Fsp3) is 0.154. The van der Waals surface area contributed by atoms with Crippen LogP contribution in [0.1, 0.15) is 10.4 Å². The molecular weight excluding hydrogens is 312 g/mol. The third-order valence-electron chi connectivity index (χ3n) is 2.57. The number of Topliss-reactive ketones (excluding diaryl/α,β-unsaturated/α-hetero) is 1. The number of rotatable bonds is 4. The lowest BCUT2D eigenvalue weighted by atomic mass is 10.1.